The molecule has 0 heterocycles. The monoisotopic (exact) mass is 150 g/mol. The summed E-state index contributed by atoms with van der Waals surface area (Å²) in [4.78, 5) is 0. The van der Waals surface area contributed by atoms with Crippen molar-refractivity contribution in [2.45, 2.75) is 6.92 Å². The van der Waals surface area contributed by atoms with E-state index >= 15 is 0 Å². The van der Waals surface area contributed by atoms with E-state index in [4.69, 9.17) is 11.0 Å². The number of hydrogen-bond acceptors (Lipinski definition) is 2. The summed E-state index contributed by atoms with van der Waals surface area (Å²) >= 11 is 0. The van der Waals surface area contributed by atoms with E-state index in [-0.39, 0.29) is 5.69 Å². The van der Waals surface area contributed by atoms with E-state index in [0.717, 1.165) is 0 Å². The molecular weight excluding hydrogens is 143 g/mol. The van der Waals surface area contributed by atoms with E-state index in [9.17, 15) is 4.39 Å². The Bertz CT molecular complexity index is 326. The molecule has 1 rings (SSSR count). The fourth-order valence-corrected chi connectivity index (χ4v) is 0.827. The van der Waals surface area contributed by atoms with Crippen LogP contribution in [0.2, 0.25) is 0 Å². The maximum Gasteiger partial charge on any atom is 0.150 e. The zero-order chi connectivity index (χ0) is 8.43. The molecular formula is C8H7FN2. The molecule has 0 fully saturated rings. The third kappa shape index (κ3) is 1.15. The molecule has 0 aromatic heterocycles. The zero-order valence-corrected chi connectivity index (χ0v) is 6.06. The first-order valence-corrected chi connectivity index (χ1v) is 3.11. The number of rotatable bonds is 0. The summed E-state index contributed by atoms with van der Waals surface area (Å²) < 4.78 is 12.9. The zero-order valence-electron chi connectivity index (χ0n) is 6.06. The molecule has 0 aliphatic heterocycles. The minimum atomic E-state index is -0.496. The fraction of sp³-hybridized carbons (Fsp3) is 0.125. The average molecular weight is 150 g/mol. The van der Waals surface area contributed by atoms with Crippen LogP contribution in [0.25, 0.3) is 0 Å². The summed E-state index contributed by atoms with van der Waals surface area (Å²) in [6.45, 7) is 1.53. The van der Waals surface area contributed by atoms with Crippen LogP contribution < -0.4 is 5.73 Å². The average Bonchev–Trinajstić information content (AvgIpc) is 2.01. The van der Waals surface area contributed by atoms with Crippen molar-refractivity contribution < 1.29 is 4.39 Å². The number of halogens is 1. The lowest BCUT2D eigenvalue weighted by Crippen LogP contribution is -1.95. The van der Waals surface area contributed by atoms with Gasteiger partial charge in [0.25, 0.3) is 0 Å². The van der Waals surface area contributed by atoms with E-state index in [0.29, 0.717) is 11.1 Å². The molecule has 0 saturated carbocycles. The molecule has 0 atom stereocenters. The van der Waals surface area contributed by atoms with Crippen LogP contribution in [-0.2, 0) is 0 Å². The van der Waals surface area contributed by atoms with E-state index in [1.807, 2.05) is 6.07 Å². The van der Waals surface area contributed by atoms with Crippen molar-refractivity contribution in [2.24, 2.45) is 0 Å². The third-order valence-corrected chi connectivity index (χ3v) is 1.54. The topological polar surface area (TPSA) is 49.8 Å². The molecule has 56 valence electrons. The molecule has 0 aliphatic carbocycles. The number of nitrogens with zero attached hydrogens (tertiary/aromatic N) is 1. The lowest BCUT2D eigenvalue weighted by Gasteiger charge is -2.00. The van der Waals surface area contributed by atoms with Crippen LogP contribution in [0.15, 0.2) is 12.1 Å². The van der Waals surface area contributed by atoms with Crippen LogP contribution in [-0.4, -0.2) is 0 Å². The summed E-state index contributed by atoms with van der Waals surface area (Å²) in [6.07, 6.45) is 0. The Morgan fingerprint density at radius 3 is 2.73 bits per heavy atom. The van der Waals surface area contributed by atoms with Gasteiger partial charge in [-0.3, -0.25) is 0 Å². The number of nitriles is 1. The molecule has 0 aliphatic rings. The van der Waals surface area contributed by atoms with E-state index in [1.165, 1.54) is 19.1 Å². The molecule has 0 amide bonds. The molecule has 0 saturated heterocycles. The van der Waals surface area contributed by atoms with Gasteiger partial charge in [0, 0.05) is 5.56 Å². The van der Waals surface area contributed by atoms with Crippen LogP contribution in [0.4, 0.5) is 10.1 Å². The Labute approximate surface area is 64.1 Å². The first kappa shape index (κ1) is 7.55. The van der Waals surface area contributed by atoms with E-state index in [2.05, 4.69) is 0 Å². The molecule has 0 unspecified atom stereocenters. The molecule has 0 bridgehead atoms. The fourth-order valence-electron chi connectivity index (χ4n) is 0.827. The van der Waals surface area contributed by atoms with Crippen molar-refractivity contribution in [2.75, 3.05) is 5.73 Å². The van der Waals surface area contributed by atoms with Gasteiger partial charge in [0.05, 0.1) is 17.3 Å². The molecule has 11 heavy (non-hydrogen) atoms. The van der Waals surface area contributed by atoms with Crippen LogP contribution in [0.5, 0.6) is 0 Å². The molecule has 1 aromatic rings. The van der Waals surface area contributed by atoms with Gasteiger partial charge in [-0.15, -0.1) is 0 Å². The highest BCUT2D eigenvalue weighted by atomic mass is 19.1. The predicted molar refractivity (Wildman–Crippen MR) is 40.3 cm³/mol. The largest absolute Gasteiger partial charge is 0.396 e. The van der Waals surface area contributed by atoms with Gasteiger partial charge in [-0.2, -0.15) is 5.26 Å². The molecule has 2 nitrogen and oxygen atoms in total. The third-order valence-electron chi connectivity index (χ3n) is 1.54. The van der Waals surface area contributed by atoms with Crippen LogP contribution in [0.3, 0.4) is 0 Å². The van der Waals surface area contributed by atoms with Gasteiger partial charge in [0.1, 0.15) is 5.82 Å². The smallest absolute Gasteiger partial charge is 0.150 e. The Balaban J connectivity index is 3.40. The van der Waals surface area contributed by atoms with Crippen molar-refractivity contribution in [3.8, 4) is 6.07 Å². The molecule has 3 heteroatoms. The predicted octanol–water partition coefficient (Wildman–Crippen LogP) is 1.59. The Kier molecular flexibility index (Phi) is 1.77. The number of hydrogen-bond donors (Lipinski definition) is 1. The van der Waals surface area contributed by atoms with Crippen molar-refractivity contribution in [1.29, 1.82) is 5.26 Å². The summed E-state index contributed by atoms with van der Waals surface area (Å²) in [5.41, 5.74) is 5.99. The first-order valence-electron chi connectivity index (χ1n) is 3.11. The summed E-state index contributed by atoms with van der Waals surface area (Å²) in [6, 6.07) is 4.77. The Hall–Kier alpha value is -1.56. The van der Waals surface area contributed by atoms with Crippen LogP contribution in [0, 0.1) is 24.1 Å². The SMILES string of the molecule is Cc1c(C#N)ccc(N)c1F. The maximum atomic E-state index is 12.9. The van der Waals surface area contributed by atoms with Crippen molar-refractivity contribution in [3.05, 3.63) is 29.1 Å². The highest BCUT2D eigenvalue weighted by Gasteiger charge is 2.05. The number of nitrogens with two attached hydrogens (primary N) is 1. The maximum absolute atomic E-state index is 12.9. The normalized spacial score (nSPS) is 9.18. The van der Waals surface area contributed by atoms with Gasteiger partial charge in [0.2, 0.25) is 0 Å². The van der Waals surface area contributed by atoms with Crippen molar-refractivity contribution in [3.63, 3.8) is 0 Å². The number of nitrogen functional groups attached to an aromatic ring is 1. The lowest BCUT2D eigenvalue weighted by molar-refractivity contribution is 0.622. The Morgan fingerprint density at radius 2 is 2.18 bits per heavy atom. The van der Waals surface area contributed by atoms with Gasteiger partial charge >= 0.3 is 0 Å². The lowest BCUT2D eigenvalue weighted by atomic mass is 10.1. The minimum absolute atomic E-state index is 0.0847. The van der Waals surface area contributed by atoms with Gasteiger partial charge in [-0.25, -0.2) is 4.39 Å². The second-order valence-electron chi connectivity index (χ2n) is 2.25. The van der Waals surface area contributed by atoms with Gasteiger partial charge in [-0.05, 0) is 19.1 Å². The van der Waals surface area contributed by atoms with E-state index < -0.39 is 5.82 Å². The summed E-state index contributed by atoms with van der Waals surface area (Å²) in [7, 11) is 0. The second-order valence-corrected chi connectivity index (χ2v) is 2.25. The van der Waals surface area contributed by atoms with Gasteiger partial charge in [0.15, 0.2) is 0 Å². The quantitative estimate of drug-likeness (QED) is 0.571. The van der Waals surface area contributed by atoms with Gasteiger partial charge in [-0.1, -0.05) is 0 Å². The minimum Gasteiger partial charge on any atom is -0.396 e. The highest BCUT2D eigenvalue weighted by Crippen LogP contribution is 2.17. The highest BCUT2D eigenvalue weighted by molar-refractivity contribution is 5.49. The van der Waals surface area contributed by atoms with Crippen molar-refractivity contribution >= 4 is 5.69 Å². The number of anilines is 1. The van der Waals surface area contributed by atoms with Crippen molar-refractivity contribution in [1.82, 2.24) is 0 Å². The standard InChI is InChI=1S/C8H7FN2/c1-5-6(4-10)2-3-7(11)8(5)9/h2-3H,11H2,1H3. The summed E-state index contributed by atoms with van der Waals surface area (Å²) in [5, 5.41) is 8.48. The Morgan fingerprint density at radius 1 is 1.55 bits per heavy atom. The second kappa shape index (κ2) is 2.59. The van der Waals surface area contributed by atoms with Crippen LogP contribution in [0.1, 0.15) is 11.1 Å². The molecule has 1 aromatic carbocycles. The van der Waals surface area contributed by atoms with E-state index in [1.54, 1.807) is 0 Å². The molecule has 0 radical (unpaired) electrons. The van der Waals surface area contributed by atoms with Gasteiger partial charge < -0.3 is 5.73 Å². The summed E-state index contributed by atoms with van der Waals surface area (Å²) in [5.74, 6) is -0.496. The van der Waals surface area contributed by atoms with Crippen LogP contribution >= 0.6 is 0 Å². The molecule has 2 N–H and O–H groups in total. The number of benzene rings is 1. The first-order chi connectivity index (χ1) is 5.16. The molecule has 0 spiro atoms.